The van der Waals surface area contributed by atoms with Gasteiger partial charge in [-0.2, -0.15) is 0 Å². The molecular weight excluding hydrogens is 340 g/mol. The normalized spacial score (nSPS) is 10.5. The average molecular weight is 357 g/mol. The van der Waals surface area contributed by atoms with Crippen LogP contribution in [0.25, 0.3) is 11.3 Å². The van der Waals surface area contributed by atoms with Gasteiger partial charge in [-0.05, 0) is 48.9 Å². The molecule has 0 radical (unpaired) electrons. The van der Waals surface area contributed by atoms with E-state index in [0.717, 1.165) is 11.1 Å². The number of methoxy groups -OCH3 is 1. The molecule has 0 aliphatic rings. The summed E-state index contributed by atoms with van der Waals surface area (Å²) in [7, 11) is 1.57. The second kappa shape index (κ2) is 7.40. The Balaban J connectivity index is 1.70. The van der Waals surface area contributed by atoms with Crippen LogP contribution < -0.4 is 10.1 Å². The maximum Gasteiger partial charge on any atom is 0.230 e. The van der Waals surface area contributed by atoms with Crippen molar-refractivity contribution in [2.45, 2.75) is 13.3 Å². The van der Waals surface area contributed by atoms with Crippen LogP contribution >= 0.6 is 11.6 Å². The number of carbonyl (C=O) groups excluding carboxylic acids is 1. The summed E-state index contributed by atoms with van der Waals surface area (Å²) in [6.45, 7) is 1.95. The van der Waals surface area contributed by atoms with Crippen LogP contribution in [0.15, 0.2) is 53.1 Å². The van der Waals surface area contributed by atoms with Gasteiger partial charge >= 0.3 is 0 Å². The summed E-state index contributed by atoms with van der Waals surface area (Å²) in [4.78, 5) is 12.3. The third kappa shape index (κ3) is 4.19. The average Bonchev–Trinajstić information content (AvgIpc) is 3.04. The van der Waals surface area contributed by atoms with Crippen molar-refractivity contribution in [3.05, 3.63) is 64.8 Å². The Hall–Kier alpha value is -2.79. The van der Waals surface area contributed by atoms with E-state index in [-0.39, 0.29) is 12.3 Å². The van der Waals surface area contributed by atoms with Crippen molar-refractivity contribution in [3.63, 3.8) is 0 Å². The van der Waals surface area contributed by atoms with E-state index in [1.807, 2.05) is 37.3 Å². The predicted octanol–water partition coefficient (Wildman–Crippen LogP) is 4.49. The number of aryl methyl sites for hydroxylation is 1. The molecule has 3 rings (SSSR count). The highest BCUT2D eigenvalue weighted by Gasteiger charge is 2.13. The van der Waals surface area contributed by atoms with Crippen molar-refractivity contribution in [1.82, 2.24) is 5.16 Å². The number of halogens is 1. The molecule has 6 heteroatoms. The SMILES string of the molecule is COc1ccc(C)cc1NC(=O)Cc1cc(-c2ccc(Cl)cc2)on1. The third-order valence-corrected chi connectivity index (χ3v) is 3.91. The molecule has 0 fully saturated rings. The number of ether oxygens (including phenoxy) is 1. The largest absolute Gasteiger partial charge is 0.495 e. The van der Waals surface area contributed by atoms with Crippen molar-refractivity contribution in [2.75, 3.05) is 12.4 Å². The highest BCUT2D eigenvalue weighted by atomic mass is 35.5. The summed E-state index contributed by atoms with van der Waals surface area (Å²) >= 11 is 5.88. The number of amides is 1. The minimum Gasteiger partial charge on any atom is -0.495 e. The van der Waals surface area contributed by atoms with Crippen LogP contribution in [-0.2, 0) is 11.2 Å². The molecule has 0 saturated carbocycles. The number of carbonyl (C=O) groups is 1. The molecule has 3 aromatic rings. The molecule has 1 heterocycles. The van der Waals surface area contributed by atoms with E-state index < -0.39 is 0 Å². The Bertz CT molecular complexity index is 888. The molecule has 0 atom stereocenters. The lowest BCUT2D eigenvalue weighted by molar-refractivity contribution is -0.115. The van der Waals surface area contributed by atoms with E-state index in [0.29, 0.717) is 27.9 Å². The lowest BCUT2D eigenvalue weighted by Gasteiger charge is -2.10. The molecule has 1 amide bonds. The van der Waals surface area contributed by atoms with Crippen LogP contribution in [0.5, 0.6) is 5.75 Å². The van der Waals surface area contributed by atoms with E-state index in [4.69, 9.17) is 20.9 Å². The standard InChI is InChI=1S/C19H17ClN2O3/c1-12-3-8-17(24-2)16(9-12)21-19(23)11-15-10-18(25-22-15)13-4-6-14(20)7-5-13/h3-10H,11H2,1-2H3,(H,21,23). The van der Waals surface area contributed by atoms with Crippen LogP contribution in [0.1, 0.15) is 11.3 Å². The first-order chi connectivity index (χ1) is 12.0. The van der Waals surface area contributed by atoms with Crippen LogP contribution in [0.3, 0.4) is 0 Å². The molecular formula is C19H17ClN2O3. The van der Waals surface area contributed by atoms with Gasteiger partial charge in [-0.1, -0.05) is 22.8 Å². The van der Waals surface area contributed by atoms with Gasteiger partial charge in [0.25, 0.3) is 0 Å². The number of anilines is 1. The first kappa shape index (κ1) is 17.0. The van der Waals surface area contributed by atoms with E-state index in [9.17, 15) is 4.79 Å². The van der Waals surface area contributed by atoms with Gasteiger partial charge in [0.15, 0.2) is 5.76 Å². The van der Waals surface area contributed by atoms with Crippen molar-refractivity contribution in [1.29, 1.82) is 0 Å². The Kier molecular flexibility index (Phi) is 5.05. The topological polar surface area (TPSA) is 64.4 Å². The molecule has 0 unspecified atom stereocenters. The lowest BCUT2D eigenvalue weighted by Crippen LogP contribution is -2.15. The van der Waals surface area contributed by atoms with Gasteiger partial charge in [0, 0.05) is 16.7 Å². The van der Waals surface area contributed by atoms with Crippen LogP contribution in [0.2, 0.25) is 5.02 Å². The van der Waals surface area contributed by atoms with E-state index in [1.165, 1.54) is 0 Å². The molecule has 5 nitrogen and oxygen atoms in total. The summed E-state index contributed by atoms with van der Waals surface area (Å²) < 4.78 is 10.6. The van der Waals surface area contributed by atoms with Crippen LogP contribution in [0.4, 0.5) is 5.69 Å². The number of hydrogen-bond donors (Lipinski definition) is 1. The zero-order chi connectivity index (χ0) is 17.8. The first-order valence-corrected chi connectivity index (χ1v) is 8.09. The van der Waals surface area contributed by atoms with E-state index in [1.54, 1.807) is 25.3 Å². The zero-order valence-electron chi connectivity index (χ0n) is 13.9. The number of rotatable bonds is 5. The fraction of sp³-hybridized carbons (Fsp3) is 0.158. The number of nitrogens with zero attached hydrogens (tertiary/aromatic N) is 1. The second-order valence-corrected chi connectivity index (χ2v) is 6.05. The molecule has 0 saturated heterocycles. The Morgan fingerprint density at radius 1 is 1.20 bits per heavy atom. The second-order valence-electron chi connectivity index (χ2n) is 5.62. The maximum absolute atomic E-state index is 12.3. The molecule has 2 aromatic carbocycles. The minimum atomic E-state index is -0.195. The Labute approximate surface area is 150 Å². The zero-order valence-corrected chi connectivity index (χ0v) is 14.6. The van der Waals surface area contributed by atoms with E-state index >= 15 is 0 Å². The predicted molar refractivity (Wildman–Crippen MR) is 97.0 cm³/mol. The van der Waals surface area contributed by atoms with Crippen molar-refractivity contribution < 1.29 is 14.1 Å². The molecule has 0 bridgehead atoms. The van der Waals surface area contributed by atoms with Gasteiger partial charge in [0.2, 0.25) is 5.91 Å². The highest BCUT2D eigenvalue weighted by molar-refractivity contribution is 6.30. The van der Waals surface area contributed by atoms with Crippen molar-refractivity contribution in [2.24, 2.45) is 0 Å². The fourth-order valence-corrected chi connectivity index (χ4v) is 2.55. The first-order valence-electron chi connectivity index (χ1n) is 7.71. The lowest BCUT2D eigenvalue weighted by atomic mass is 10.1. The minimum absolute atomic E-state index is 0.105. The van der Waals surface area contributed by atoms with Crippen LogP contribution in [0, 0.1) is 6.92 Å². The van der Waals surface area contributed by atoms with Gasteiger partial charge in [-0.25, -0.2) is 0 Å². The number of benzene rings is 2. The summed E-state index contributed by atoms with van der Waals surface area (Å²) in [5, 5.41) is 7.45. The highest BCUT2D eigenvalue weighted by Crippen LogP contribution is 2.26. The number of hydrogen-bond acceptors (Lipinski definition) is 4. The molecule has 1 N–H and O–H groups in total. The fourth-order valence-electron chi connectivity index (χ4n) is 2.42. The van der Waals surface area contributed by atoms with Crippen LogP contribution in [-0.4, -0.2) is 18.2 Å². The monoisotopic (exact) mass is 356 g/mol. The summed E-state index contributed by atoms with van der Waals surface area (Å²) in [6.07, 6.45) is 0.105. The van der Waals surface area contributed by atoms with Gasteiger partial charge in [0.05, 0.1) is 24.9 Å². The van der Waals surface area contributed by atoms with E-state index in [2.05, 4.69) is 10.5 Å². The summed E-state index contributed by atoms with van der Waals surface area (Å²) in [5.74, 6) is 1.01. The summed E-state index contributed by atoms with van der Waals surface area (Å²) in [6, 6.07) is 14.6. The number of nitrogens with one attached hydrogen (secondary N) is 1. The smallest absolute Gasteiger partial charge is 0.230 e. The number of aromatic nitrogens is 1. The van der Waals surface area contributed by atoms with Crippen molar-refractivity contribution >= 4 is 23.2 Å². The van der Waals surface area contributed by atoms with Crippen molar-refractivity contribution in [3.8, 4) is 17.1 Å². The molecule has 25 heavy (non-hydrogen) atoms. The Morgan fingerprint density at radius 3 is 2.68 bits per heavy atom. The van der Waals surface area contributed by atoms with Gasteiger partial charge in [-0.15, -0.1) is 0 Å². The maximum atomic E-state index is 12.3. The summed E-state index contributed by atoms with van der Waals surface area (Å²) in [5.41, 5.74) is 3.06. The van der Waals surface area contributed by atoms with Gasteiger partial charge in [0.1, 0.15) is 5.75 Å². The quantitative estimate of drug-likeness (QED) is 0.731. The molecule has 0 aliphatic heterocycles. The van der Waals surface area contributed by atoms with Gasteiger partial charge < -0.3 is 14.6 Å². The molecule has 0 spiro atoms. The van der Waals surface area contributed by atoms with Gasteiger partial charge in [-0.3, -0.25) is 4.79 Å². The molecule has 1 aromatic heterocycles. The third-order valence-electron chi connectivity index (χ3n) is 3.66. The molecule has 128 valence electrons. The Morgan fingerprint density at radius 2 is 1.96 bits per heavy atom. The molecule has 0 aliphatic carbocycles.